The van der Waals surface area contributed by atoms with Crippen molar-refractivity contribution in [2.75, 3.05) is 7.11 Å². The van der Waals surface area contributed by atoms with Crippen molar-refractivity contribution < 1.29 is 14.6 Å². The van der Waals surface area contributed by atoms with Gasteiger partial charge in [-0.1, -0.05) is 23.8 Å². The van der Waals surface area contributed by atoms with E-state index >= 15 is 0 Å². The van der Waals surface area contributed by atoms with E-state index in [-0.39, 0.29) is 17.8 Å². The summed E-state index contributed by atoms with van der Waals surface area (Å²) in [6, 6.07) is 6.16. The molecule has 0 radical (unpaired) electrons. The van der Waals surface area contributed by atoms with Crippen molar-refractivity contribution in [1.29, 1.82) is 0 Å². The van der Waals surface area contributed by atoms with E-state index in [4.69, 9.17) is 4.74 Å². The van der Waals surface area contributed by atoms with Gasteiger partial charge >= 0.3 is 0 Å². The fourth-order valence-electron chi connectivity index (χ4n) is 3.76. The SMILES string of the molecule is COC1CCC2(CC1)NC(=O)C(O)=C2c1cc(C)ccc1C. The van der Waals surface area contributed by atoms with Crippen LogP contribution in [0.1, 0.15) is 42.4 Å². The van der Waals surface area contributed by atoms with Gasteiger partial charge in [-0.15, -0.1) is 0 Å². The van der Waals surface area contributed by atoms with Crippen LogP contribution in [0.25, 0.3) is 5.57 Å². The first-order valence-electron chi connectivity index (χ1n) is 7.83. The van der Waals surface area contributed by atoms with Gasteiger partial charge in [-0.25, -0.2) is 0 Å². The number of aryl methyl sites for hydroxylation is 2. The maximum atomic E-state index is 12.1. The highest BCUT2D eigenvalue weighted by atomic mass is 16.5. The fourth-order valence-corrected chi connectivity index (χ4v) is 3.76. The third kappa shape index (κ3) is 2.31. The number of hydrogen-bond donors (Lipinski definition) is 2. The van der Waals surface area contributed by atoms with Crippen LogP contribution in [0.3, 0.4) is 0 Å². The number of hydrogen-bond acceptors (Lipinski definition) is 3. The molecular weight excluding hydrogens is 278 g/mol. The van der Waals surface area contributed by atoms with E-state index < -0.39 is 5.54 Å². The number of carbonyl (C=O) groups excluding carboxylic acids is 1. The molecule has 0 atom stereocenters. The van der Waals surface area contributed by atoms with E-state index in [1.54, 1.807) is 7.11 Å². The highest BCUT2D eigenvalue weighted by molar-refractivity contribution is 6.07. The molecule has 1 saturated carbocycles. The van der Waals surface area contributed by atoms with Gasteiger partial charge in [-0.3, -0.25) is 4.79 Å². The molecular formula is C18H23NO3. The number of ether oxygens (including phenoxy) is 1. The molecule has 3 rings (SSSR count). The van der Waals surface area contributed by atoms with E-state index in [0.29, 0.717) is 0 Å². The molecule has 1 amide bonds. The summed E-state index contributed by atoms with van der Waals surface area (Å²) in [5.74, 6) is -0.476. The van der Waals surface area contributed by atoms with Gasteiger partial charge in [-0.05, 0) is 50.7 Å². The Hall–Kier alpha value is -1.81. The lowest BCUT2D eigenvalue weighted by atomic mass is 9.73. The number of carbonyl (C=O) groups is 1. The van der Waals surface area contributed by atoms with Gasteiger partial charge in [0.25, 0.3) is 5.91 Å². The first kappa shape index (κ1) is 15.1. The van der Waals surface area contributed by atoms with Crippen molar-refractivity contribution in [2.45, 2.75) is 51.2 Å². The van der Waals surface area contributed by atoms with Crippen molar-refractivity contribution in [2.24, 2.45) is 0 Å². The number of benzene rings is 1. The molecule has 1 aliphatic carbocycles. The summed E-state index contributed by atoms with van der Waals surface area (Å²) in [5.41, 5.74) is 3.51. The second kappa shape index (κ2) is 5.43. The second-order valence-electron chi connectivity index (χ2n) is 6.51. The highest BCUT2D eigenvalue weighted by Crippen LogP contribution is 2.45. The Morgan fingerprint density at radius 2 is 1.95 bits per heavy atom. The summed E-state index contributed by atoms with van der Waals surface area (Å²) in [6.45, 7) is 4.05. The van der Waals surface area contributed by atoms with E-state index in [1.165, 1.54) is 0 Å². The monoisotopic (exact) mass is 301 g/mol. The topological polar surface area (TPSA) is 58.6 Å². The molecule has 2 N–H and O–H groups in total. The predicted molar refractivity (Wildman–Crippen MR) is 85.6 cm³/mol. The Kier molecular flexibility index (Phi) is 3.73. The molecule has 1 spiro atoms. The van der Waals surface area contributed by atoms with E-state index in [0.717, 1.165) is 47.9 Å². The van der Waals surface area contributed by atoms with Crippen molar-refractivity contribution >= 4 is 11.5 Å². The predicted octanol–water partition coefficient (Wildman–Crippen LogP) is 3.03. The molecule has 1 heterocycles. The Balaban J connectivity index is 2.06. The van der Waals surface area contributed by atoms with Gasteiger partial charge in [0, 0.05) is 12.7 Å². The molecule has 4 heteroatoms. The Bertz CT molecular complexity index is 640. The van der Waals surface area contributed by atoms with Crippen molar-refractivity contribution in [3.05, 3.63) is 40.6 Å². The summed E-state index contributed by atoms with van der Waals surface area (Å²) in [4.78, 5) is 12.1. The smallest absolute Gasteiger partial charge is 0.287 e. The van der Waals surface area contributed by atoms with Crippen LogP contribution in [0.2, 0.25) is 0 Å². The molecule has 2 aliphatic rings. The van der Waals surface area contributed by atoms with Crippen molar-refractivity contribution in [1.82, 2.24) is 5.32 Å². The third-order valence-electron chi connectivity index (χ3n) is 5.07. The van der Waals surface area contributed by atoms with Crippen LogP contribution in [0.5, 0.6) is 0 Å². The zero-order valence-corrected chi connectivity index (χ0v) is 13.4. The van der Waals surface area contributed by atoms with E-state index in [1.807, 2.05) is 19.9 Å². The minimum absolute atomic E-state index is 0.121. The summed E-state index contributed by atoms with van der Waals surface area (Å²) in [7, 11) is 1.73. The zero-order chi connectivity index (χ0) is 15.9. The summed E-state index contributed by atoms with van der Waals surface area (Å²) >= 11 is 0. The normalized spacial score (nSPS) is 28.3. The van der Waals surface area contributed by atoms with Gasteiger partial charge in [0.15, 0.2) is 5.76 Å². The number of nitrogens with one attached hydrogen (secondary N) is 1. The largest absolute Gasteiger partial charge is 0.503 e. The Morgan fingerprint density at radius 1 is 1.27 bits per heavy atom. The van der Waals surface area contributed by atoms with Crippen LogP contribution in [-0.2, 0) is 9.53 Å². The van der Waals surface area contributed by atoms with Crippen LogP contribution < -0.4 is 5.32 Å². The molecule has 118 valence electrons. The Labute approximate surface area is 131 Å². The molecule has 1 aromatic carbocycles. The lowest BCUT2D eigenvalue weighted by molar-refractivity contribution is -0.120. The molecule has 0 bridgehead atoms. The van der Waals surface area contributed by atoms with Crippen LogP contribution in [-0.4, -0.2) is 29.8 Å². The van der Waals surface area contributed by atoms with E-state index in [9.17, 15) is 9.90 Å². The number of aliphatic hydroxyl groups excluding tert-OH is 1. The van der Waals surface area contributed by atoms with Crippen LogP contribution in [0.4, 0.5) is 0 Å². The maximum Gasteiger partial charge on any atom is 0.287 e. The van der Waals surface area contributed by atoms with Crippen LogP contribution >= 0.6 is 0 Å². The third-order valence-corrected chi connectivity index (χ3v) is 5.07. The summed E-state index contributed by atoms with van der Waals surface area (Å²) in [6.07, 6.45) is 3.61. The van der Waals surface area contributed by atoms with Crippen molar-refractivity contribution in [3.63, 3.8) is 0 Å². The quantitative estimate of drug-likeness (QED) is 0.882. The molecule has 1 fully saturated rings. The number of amides is 1. The summed E-state index contributed by atoms with van der Waals surface area (Å²) < 4.78 is 5.44. The number of methoxy groups -OCH3 is 1. The van der Waals surface area contributed by atoms with Gasteiger partial charge in [0.05, 0.1) is 11.6 Å². The molecule has 1 aliphatic heterocycles. The average molecular weight is 301 g/mol. The number of rotatable bonds is 2. The van der Waals surface area contributed by atoms with Crippen molar-refractivity contribution in [3.8, 4) is 0 Å². The van der Waals surface area contributed by atoms with Gasteiger partial charge < -0.3 is 15.2 Å². The summed E-state index contributed by atoms with van der Waals surface area (Å²) in [5, 5.41) is 13.4. The molecule has 22 heavy (non-hydrogen) atoms. The molecule has 0 unspecified atom stereocenters. The minimum Gasteiger partial charge on any atom is -0.503 e. The second-order valence-corrected chi connectivity index (χ2v) is 6.51. The van der Waals surface area contributed by atoms with Crippen LogP contribution in [0.15, 0.2) is 24.0 Å². The molecule has 0 aromatic heterocycles. The number of aliphatic hydroxyl groups is 1. The highest BCUT2D eigenvalue weighted by Gasteiger charge is 2.48. The molecule has 1 aromatic rings. The van der Waals surface area contributed by atoms with E-state index in [2.05, 4.69) is 17.4 Å². The van der Waals surface area contributed by atoms with Gasteiger partial charge in [0.2, 0.25) is 0 Å². The van der Waals surface area contributed by atoms with Crippen LogP contribution in [0, 0.1) is 13.8 Å². The zero-order valence-electron chi connectivity index (χ0n) is 13.4. The standard InChI is InChI=1S/C18H23NO3/c1-11-4-5-12(2)14(10-11)15-16(20)17(21)19-18(15)8-6-13(22-3)7-9-18/h4-5,10,13,20H,6-9H2,1-3H3,(H,19,21). The molecule has 4 nitrogen and oxygen atoms in total. The minimum atomic E-state index is -0.450. The average Bonchev–Trinajstić information content (AvgIpc) is 2.74. The lowest BCUT2D eigenvalue weighted by Gasteiger charge is -2.39. The first-order valence-corrected chi connectivity index (χ1v) is 7.83. The first-order chi connectivity index (χ1) is 10.5. The van der Waals surface area contributed by atoms with Gasteiger partial charge in [-0.2, -0.15) is 0 Å². The Morgan fingerprint density at radius 3 is 2.59 bits per heavy atom. The fraction of sp³-hybridized carbons (Fsp3) is 0.500. The molecule has 0 saturated heterocycles. The lowest BCUT2D eigenvalue weighted by Crippen LogP contribution is -2.48. The maximum absolute atomic E-state index is 12.1. The van der Waals surface area contributed by atoms with Gasteiger partial charge in [0.1, 0.15) is 0 Å².